The number of carbonyl (C=O) groups excluding carboxylic acids is 2. The molecule has 0 saturated carbocycles. The van der Waals surface area contributed by atoms with E-state index in [0.29, 0.717) is 64.0 Å². The molecule has 43 heavy (non-hydrogen) atoms. The summed E-state index contributed by atoms with van der Waals surface area (Å²) in [6.45, 7) is 4.67. The summed E-state index contributed by atoms with van der Waals surface area (Å²) in [4.78, 5) is 22.6. The van der Waals surface area contributed by atoms with Crippen molar-refractivity contribution in [2.45, 2.75) is 32.6 Å². The van der Waals surface area contributed by atoms with Gasteiger partial charge in [0.15, 0.2) is 17.3 Å². The zero-order valence-corrected chi connectivity index (χ0v) is 25.0. The zero-order chi connectivity index (χ0) is 30.4. The Labute approximate surface area is 251 Å². The standard InChI is InChI=1S/C31H41N5O7/c1-21(37)32-10-4-5-11-33-29(38)9-12-41-13-14-42-15-16-43-24-8-6-7-23(19-24)34-31-26-17-22-18-27(39-2)28(40-3)20-25(22)30(26)35-36-31/h6-8,18-20H,4-5,9-17H2,1-3H3,(H,32,37)(H,33,38)(H2,34,35,36). The van der Waals surface area contributed by atoms with E-state index in [1.807, 2.05) is 36.4 Å². The summed E-state index contributed by atoms with van der Waals surface area (Å²) in [6.07, 6.45) is 2.68. The van der Waals surface area contributed by atoms with Crippen molar-refractivity contribution in [3.63, 3.8) is 0 Å². The number of nitrogens with zero attached hydrogens (tertiary/aromatic N) is 1. The summed E-state index contributed by atoms with van der Waals surface area (Å²) < 4.78 is 27.8. The van der Waals surface area contributed by atoms with Crippen LogP contribution in [0.2, 0.25) is 0 Å². The van der Waals surface area contributed by atoms with Crippen LogP contribution < -0.4 is 30.2 Å². The molecule has 1 aromatic heterocycles. The van der Waals surface area contributed by atoms with Gasteiger partial charge in [0.05, 0.1) is 46.3 Å². The van der Waals surface area contributed by atoms with E-state index < -0.39 is 0 Å². The van der Waals surface area contributed by atoms with Crippen molar-refractivity contribution < 1.29 is 33.3 Å². The topological polar surface area (TPSA) is 145 Å². The third-order valence-electron chi connectivity index (χ3n) is 6.85. The highest BCUT2D eigenvalue weighted by Crippen LogP contribution is 2.44. The van der Waals surface area contributed by atoms with Crippen LogP contribution in [-0.4, -0.2) is 82.4 Å². The number of hydrogen-bond acceptors (Lipinski definition) is 9. The molecule has 0 radical (unpaired) electrons. The maximum atomic E-state index is 11.8. The minimum absolute atomic E-state index is 0.0400. The highest BCUT2D eigenvalue weighted by atomic mass is 16.5. The number of amides is 2. The van der Waals surface area contributed by atoms with E-state index >= 15 is 0 Å². The van der Waals surface area contributed by atoms with E-state index in [-0.39, 0.29) is 11.8 Å². The number of rotatable bonds is 19. The maximum Gasteiger partial charge on any atom is 0.222 e. The number of aromatic nitrogens is 2. The van der Waals surface area contributed by atoms with Crippen molar-refractivity contribution in [1.82, 2.24) is 20.8 Å². The molecular weight excluding hydrogens is 554 g/mol. The monoisotopic (exact) mass is 595 g/mol. The van der Waals surface area contributed by atoms with Crippen LogP contribution in [0.1, 0.15) is 37.3 Å². The van der Waals surface area contributed by atoms with E-state index in [2.05, 4.69) is 26.1 Å². The fourth-order valence-electron chi connectivity index (χ4n) is 4.69. The van der Waals surface area contributed by atoms with Crippen molar-refractivity contribution in [2.24, 2.45) is 0 Å². The van der Waals surface area contributed by atoms with Gasteiger partial charge in [0, 0.05) is 55.7 Å². The largest absolute Gasteiger partial charge is 0.493 e. The number of benzene rings is 2. The minimum Gasteiger partial charge on any atom is -0.493 e. The summed E-state index contributed by atoms with van der Waals surface area (Å²) in [5, 5.41) is 16.6. The van der Waals surface area contributed by atoms with Crippen LogP contribution >= 0.6 is 0 Å². The van der Waals surface area contributed by atoms with E-state index in [4.69, 9.17) is 23.7 Å². The normalized spacial score (nSPS) is 11.4. The smallest absolute Gasteiger partial charge is 0.222 e. The molecule has 0 atom stereocenters. The highest BCUT2D eigenvalue weighted by molar-refractivity contribution is 5.81. The number of ether oxygens (including phenoxy) is 5. The van der Waals surface area contributed by atoms with E-state index in [9.17, 15) is 9.59 Å². The molecule has 2 amide bonds. The molecule has 232 valence electrons. The molecule has 2 aromatic carbocycles. The number of nitrogens with one attached hydrogen (secondary N) is 4. The molecule has 12 nitrogen and oxygen atoms in total. The summed E-state index contributed by atoms with van der Waals surface area (Å²) >= 11 is 0. The van der Waals surface area contributed by atoms with Crippen LogP contribution in [0.25, 0.3) is 11.3 Å². The Kier molecular flexibility index (Phi) is 12.0. The van der Waals surface area contributed by atoms with Gasteiger partial charge in [0.1, 0.15) is 12.4 Å². The lowest BCUT2D eigenvalue weighted by Gasteiger charge is -2.10. The fraction of sp³-hybridized carbons (Fsp3) is 0.452. The Hall–Kier alpha value is -4.29. The van der Waals surface area contributed by atoms with Crippen LogP contribution in [0.3, 0.4) is 0 Å². The van der Waals surface area contributed by atoms with Gasteiger partial charge in [0.2, 0.25) is 11.8 Å². The first-order valence-corrected chi connectivity index (χ1v) is 14.5. The molecular formula is C31H41N5O7. The predicted molar refractivity (Wildman–Crippen MR) is 162 cm³/mol. The van der Waals surface area contributed by atoms with Gasteiger partial charge in [-0.1, -0.05) is 6.07 Å². The van der Waals surface area contributed by atoms with Crippen molar-refractivity contribution in [1.29, 1.82) is 0 Å². The number of methoxy groups -OCH3 is 2. The minimum atomic E-state index is -0.0475. The molecule has 4 rings (SSSR count). The SMILES string of the molecule is COc1cc2c(cc1OC)-c1[nH]nc(Nc3cccc(OCCOCCOCCC(=O)NCCCCNC(C)=O)c3)c1C2. The van der Waals surface area contributed by atoms with Gasteiger partial charge in [-0.25, -0.2) is 0 Å². The molecule has 0 spiro atoms. The lowest BCUT2D eigenvalue weighted by molar-refractivity contribution is -0.122. The average molecular weight is 596 g/mol. The molecule has 1 aliphatic rings. The number of unbranched alkanes of at least 4 members (excludes halogenated alkanes) is 1. The lowest BCUT2D eigenvalue weighted by atomic mass is 10.1. The number of H-pyrrole nitrogens is 1. The second kappa shape index (κ2) is 16.4. The molecule has 0 fully saturated rings. The van der Waals surface area contributed by atoms with Gasteiger partial charge >= 0.3 is 0 Å². The van der Waals surface area contributed by atoms with E-state index in [0.717, 1.165) is 58.9 Å². The quantitative estimate of drug-likeness (QED) is 0.120. The van der Waals surface area contributed by atoms with Crippen molar-refractivity contribution >= 4 is 23.3 Å². The molecule has 1 heterocycles. The van der Waals surface area contributed by atoms with Gasteiger partial charge in [0.25, 0.3) is 0 Å². The van der Waals surface area contributed by atoms with Gasteiger partial charge in [-0.2, -0.15) is 5.10 Å². The third-order valence-corrected chi connectivity index (χ3v) is 6.85. The second-order valence-electron chi connectivity index (χ2n) is 9.98. The van der Waals surface area contributed by atoms with Gasteiger partial charge in [-0.05, 0) is 42.7 Å². The van der Waals surface area contributed by atoms with Crippen molar-refractivity contribution in [2.75, 3.05) is 65.7 Å². The first kappa shape index (κ1) is 31.6. The van der Waals surface area contributed by atoms with Crippen LogP contribution in [0.5, 0.6) is 17.2 Å². The first-order valence-electron chi connectivity index (χ1n) is 14.5. The number of anilines is 2. The van der Waals surface area contributed by atoms with Crippen molar-refractivity contribution in [3.05, 3.63) is 47.5 Å². The third kappa shape index (κ3) is 9.35. The molecule has 0 saturated heterocycles. The Morgan fingerprint density at radius 2 is 1.63 bits per heavy atom. The van der Waals surface area contributed by atoms with Crippen LogP contribution in [-0.2, 0) is 25.5 Å². The van der Waals surface area contributed by atoms with Crippen molar-refractivity contribution in [3.8, 4) is 28.5 Å². The Bertz CT molecular complexity index is 1360. The van der Waals surface area contributed by atoms with E-state index in [1.54, 1.807) is 14.2 Å². The Morgan fingerprint density at radius 1 is 0.907 bits per heavy atom. The molecule has 0 bridgehead atoms. The molecule has 4 N–H and O–H groups in total. The molecule has 0 aliphatic heterocycles. The highest BCUT2D eigenvalue weighted by Gasteiger charge is 2.26. The van der Waals surface area contributed by atoms with Gasteiger partial charge < -0.3 is 39.6 Å². The van der Waals surface area contributed by atoms with Gasteiger partial charge in [-0.3, -0.25) is 14.7 Å². The molecule has 1 aliphatic carbocycles. The summed E-state index contributed by atoms with van der Waals surface area (Å²) in [5.74, 6) is 2.79. The molecule has 12 heteroatoms. The Morgan fingerprint density at radius 3 is 2.40 bits per heavy atom. The zero-order valence-electron chi connectivity index (χ0n) is 25.0. The Balaban J connectivity index is 1.09. The lowest BCUT2D eigenvalue weighted by Crippen LogP contribution is -2.27. The number of fused-ring (bicyclic) bond motifs is 3. The summed E-state index contributed by atoms with van der Waals surface area (Å²) in [5.41, 5.74) is 5.13. The predicted octanol–water partition coefficient (Wildman–Crippen LogP) is 3.58. The summed E-state index contributed by atoms with van der Waals surface area (Å²) in [6, 6.07) is 11.7. The first-order chi connectivity index (χ1) is 21.0. The van der Waals surface area contributed by atoms with Crippen LogP contribution in [0, 0.1) is 0 Å². The molecule has 0 unspecified atom stereocenters. The fourth-order valence-corrected chi connectivity index (χ4v) is 4.69. The number of aromatic amines is 1. The van der Waals surface area contributed by atoms with Crippen LogP contribution in [0.4, 0.5) is 11.5 Å². The second-order valence-corrected chi connectivity index (χ2v) is 9.98. The average Bonchev–Trinajstić information content (AvgIpc) is 3.56. The number of hydrogen-bond donors (Lipinski definition) is 4. The number of carbonyl (C=O) groups is 2. The summed E-state index contributed by atoms with van der Waals surface area (Å²) in [7, 11) is 3.27. The van der Waals surface area contributed by atoms with E-state index in [1.165, 1.54) is 6.92 Å². The maximum absolute atomic E-state index is 11.8. The molecule has 3 aromatic rings. The van der Waals surface area contributed by atoms with Crippen LogP contribution in [0.15, 0.2) is 36.4 Å². The van der Waals surface area contributed by atoms with Gasteiger partial charge in [-0.15, -0.1) is 0 Å².